The zero-order valence-electron chi connectivity index (χ0n) is 10.1. The highest BCUT2D eigenvalue weighted by atomic mass is 16.3. The lowest BCUT2D eigenvalue weighted by Gasteiger charge is -2.38. The van der Waals surface area contributed by atoms with Crippen molar-refractivity contribution >= 4 is 0 Å². The smallest absolute Gasteiger partial charge is 0.0774 e. The van der Waals surface area contributed by atoms with Crippen molar-refractivity contribution in [3.05, 3.63) is 0 Å². The number of aliphatic hydroxyl groups excluding tert-OH is 1. The van der Waals surface area contributed by atoms with Crippen LogP contribution in [0.4, 0.5) is 0 Å². The van der Waals surface area contributed by atoms with Crippen molar-refractivity contribution in [2.45, 2.75) is 57.6 Å². The molecule has 1 fully saturated rings. The van der Waals surface area contributed by atoms with Crippen LogP contribution >= 0.6 is 0 Å². The molecule has 90 valence electrons. The molecular weight excluding hydrogens is 190 g/mol. The summed E-state index contributed by atoms with van der Waals surface area (Å²) >= 11 is 0. The minimum absolute atomic E-state index is 0.175. The molecule has 0 atom stereocenters. The summed E-state index contributed by atoms with van der Waals surface area (Å²) in [4.78, 5) is 2.17. The minimum atomic E-state index is -0.502. The molecule has 1 aliphatic rings. The summed E-state index contributed by atoms with van der Waals surface area (Å²) in [5.74, 6) is 0. The summed E-state index contributed by atoms with van der Waals surface area (Å²) in [7, 11) is 0. The van der Waals surface area contributed by atoms with E-state index in [0.717, 1.165) is 25.7 Å². The maximum atomic E-state index is 10.4. The highest BCUT2D eigenvalue weighted by molar-refractivity contribution is 4.86. The third kappa shape index (κ3) is 4.09. The van der Waals surface area contributed by atoms with Crippen molar-refractivity contribution in [3.8, 4) is 0 Å². The van der Waals surface area contributed by atoms with Crippen LogP contribution in [0.3, 0.4) is 0 Å². The Balaban J connectivity index is 2.47. The largest absolute Gasteiger partial charge is 0.395 e. The van der Waals surface area contributed by atoms with E-state index < -0.39 is 5.60 Å². The predicted octanol–water partition coefficient (Wildman–Crippen LogP) is 1.38. The van der Waals surface area contributed by atoms with Crippen LogP contribution in [0.15, 0.2) is 0 Å². The standard InChI is InChI=1S/C12H25NO2/c1-11(2)13(8-9-14)10-12(15)6-4-3-5-7-12/h11,14-15H,3-10H2,1-2H3. The molecule has 0 bridgehead atoms. The molecule has 0 aromatic heterocycles. The summed E-state index contributed by atoms with van der Waals surface area (Å²) in [5.41, 5.74) is -0.502. The maximum absolute atomic E-state index is 10.4. The normalized spacial score (nSPS) is 21.2. The Bertz CT molecular complexity index is 176. The Hall–Kier alpha value is -0.120. The van der Waals surface area contributed by atoms with Gasteiger partial charge in [0.05, 0.1) is 12.2 Å². The van der Waals surface area contributed by atoms with Gasteiger partial charge >= 0.3 is 0 Å². The van der Waals surface area contributed by atoms with Crippen LogP contribution in [-0.2, 0) is 0 Å². The Morgan fingerprint density at radius 1 is 1.20 bits per heavy atom. The second kappa shape index (κ2) is 5.83. The summed E-state index contributed by atoms with van der Waals surface area (Å²) in [6, 6.07) is 0.392. The fourth-order valence-electron chi connectivity index (χ4n) is 2.39. The van der Waals surface area contributed by atoms with E-state index in [1.54, 1.807) is 0 Å². The van der Waals surface area contributed by atoms with Crippen molar-refractivity contribution in [1.82, 2.24) is 4.90 Å². The van der Waals surface area contributed by atoms with E-state index in [-0.39, 0.29) is 6.61 Å². The molecule has 2 N–H and O–H groups in total. The minimum Gasteiger partial charge on any atom is -0.395 e. The zero-order chi connectivity index (χ0) is 11.3. The average Bonchev–Trinajstić information content (AvgIpc) is 2.18. The number of hydrogen-bond acceptors (Lipinski definition) is 3. The number of hydrogen-bond donors (Lipinski definition) is 2. The van der Waals surface area contributed by atoms with Gasteiger partial charge in [-0.25, -0.2) is 0 Å². The molecule has 0 heterocycles. The molecule has 0 saturated heterocycles. The Kier molecular flexibility index (Phi) is 5.03. The van der Waals surface area contributed by atoms with Gasteiger partial charge in [-0.05, 0) is 26.7 Å². The molecule has 3 nitrogen and oxygen atoms in total. The van der Waals surface area contributed by atoms with Crippen LogP contribution in [0.5, 0.6) is 0 Å². The van der Waals surface area contributed by atoms with Crippen LogP contribution in [0.2, 0.25) is 0 Å². The average molecular weight is 215 g/mol. The van der Waals surface area contributed by atoms with E-state index in [1.807, 2.05) is 0 Å². The lowest BCUT2D eigenvalue weighted by Crippen LogP contribution is -2.47. The van der Waals surface area contributed by atoms with E-state index in [2.05, 4.69) is 18.7 Å². The van der Waals surface area contributed by atoms with Crippen LogP contribution in [0.25, 0.3) is 0 Å². The van der Waals surface area contributed by atoms with Gasteiger partial charge in [0.1, 0.15) is 0 Å². The van der Waals surface area contributed by atoms with Crippen molar-refractivity contribution in [3.63, 3.8) is 0 Å². The number of nitrogens with zero attached hydrogens (tertiary/aromatic N) is 1. The third-order valence-corrected chi connectivity index (χ3v) is 3.40. The lowest BCUT2D eigenvalue weighted by molar-refractivity contribution is -0.0357. The van der Waals surface area contributed by atoms with Gasteiger partial charge < -0.3 is 10.2 Å². The van der Waals surface area contributed by atoms with Gasteiger partial charge in [-0.1, -0.05) is 19.3 Å². The monoisotopic (exact) mass is 215 g/mol. The molecule has 1 saturated carbocycles. The lowest BCUT2D eigenvalue weighted by atomic mass is 9.84. The summed E-state index contributed by atoms with van der Waals surface area (Å²) < 4.78 is 0. The Morgan fingerprint density at radius 2 is 1.80 bits per heavy atom. The van der Waals surface area contributed by atoms with Crippen molar-refractivity contribution in [2.24, 2.45) is 0 Å². The summed E-state index contributed by atoms with van der Waals surface area (Å²) in [6.07, 6.45) is 5.37. The highest BCUT2D eigenvalue weighted by Gasteiger charge is 2.31. The van der Waals surface area contributed by atoms with E-state index in [4.69, 9.17) is 5.11 Å². The van der Waals surface area contributed by atoms with Gasteiger partial charge in [-0.15, -0.1) is 0 Å². The van der Waals surface area contributed by atoms with Gasteiger partial charge in [0.2, 0.25) is 0 Å². The molecule has 0 amide bonds. The van der Waals surface area contributed by atoms with E-state index in [0.29, 0.717) is 19.1 Å². The van der Waals surface area contributed by atoms with E-state index >= 15 is 0 Å². The van der Waals surface area contributed by atoms with Gasteiger partial charge in [0.25, 0.3) is 0 Å². The van der Waals surface area contributed by atoms with Crippen LogP contribution in [0.1, 0.15) is 46.0 Å². The fourth-order valence-corrected chi connectivity index (χ4v) is 2.39. The second-order valence-electron chi connectivity index (χ2n) is 5.07. The molecule has 0 aliphatic heterocycles. The van der Waals surface area contributed by atoms with Crippen LogP contribution in [-0.4, -0.2) is 46.5 Å². The first-order chi connectivity index (χ1) is 7.07. The second-order valence-corrected chi connectivity index (χ2v) is 5.07. The molecule has 0 spiro atoms. The maximum Gasteiger partial charge on any atom is 0.0774 e. The Morgan fingerprint density at radius 3 is 2.27 bits per heavy atom. The van der Waals surface area contributed by atoms with E-state index in [9.17, 15) is 5.11 Å². The van der Waals surface area contributed by atoms with E-state index in [1.165, 1.54) is 6.42 Å². The number of rotatable bonds is 5. The molecule has 0 aromatic rings. The zero-order valence-corrected chi connectivity index (χ0v) is 10.1. The molecule has 0 aromatic carbocycles. The topological polar surface area (TPSA) is 43.7 Å². The first kappa shape index (κ1) is 12.9. The predicted molar refractivity (Wildman–Crippen MR) is 61.8 cm³/mol. The van der Waals surface area contributed by atoms with Crippen molar-refractivity contribution in [1.29, 1.82) is 0 Å². The molecule has 0 unspecified atom stereocenters. The fraction of sp³-hybridized carbons (Fsp3) is 1.00. The summed E-state index contributed by atoms with van der Waals surface area (Å²) in [6.45, 7) is 5.78. The van der Waals surface area contributed by atoms with Gasteiger partial charge in [-0.3, -0.25) is 4.90 Å². The van der Waals surface area contributed by atoms with Crippen molar-refractivity contribution < 1.29 is 10.2 Å². The molecule has 0 radical (unpaired) electrons. The molecular formula is C12H25NO2. The third-order valence-electron chi connectivity index (χ3n) is 3.40. The van der Waals surface area contributed by atoms with Gasteiger partial charge in [0.15, 0.2) is 0 Å². The van der Waals surface area contributed by atoms with Gasteiger partial charge in [-0.2, -0.15) is 0 Å². The Labute approximate surface area is 93.1 Å². The molecule has 3 heteroatoms. The molecule has 1 aliphatic carbocycles. The van der Waals surface area contributed by atoms with Crippen LogP contribution < -0.4 is 0 Å². The highest BCUT2D eigenvalue weighted by Crippen LogP contribution is 2.29. The quantitative estimate of drug-likeness (QED) is 0.728. The molecule has 15 heavy (non-hydrogen) atoms. The SMILES string of the molecule is CC(C)N(CCO)CC1(O)CCCCC1. The number of aliphatic hydroxyl groups is 2. The first-order valence-electron chi connectivity index (χ1n) is 6.15. The first-order valence-corrected chi connectivity index (χ1v) is 6.15. The van der Waals surface area contributed by atoms with Crippen molar-refractivity contribution in [2.75, 3.05) is 19.7 Å². The summed E-state index contributed by atoms with van der Waals surface area (Å²) in [5, 5.41) is 19.4. The molecule has 1 rings (SSSR count). The van der Waals surface area contributed by atoms with Gasteiger partial charge in [0, 0.05) is 19.1 Å². The van der Waals surface area contributed by atoms with Crippen LogP contribution in [0, 0.1) is 0 Å².